The van der Waals surface area contributed by atoms with Crippen molar-refractivity contribution >= 4 is 11.8 Å². The number of amides is 2. The van der Waals surface area contributed by atoms with Crippen molar-refractivity contribution in [3.8, 4) is 0 Å². The van der Waals surface area contributed by atoms with Crippen LogP contribution >= 0.6 is 0 Å². The van der Waals surface area contributed by atoms with Gasteiger partial charge in [0.05, 0.1) is 6.10 Å². The lowest BCUT2D eigenvalue weighted by Crippen LogP contribution is -2.39. The van der Waals surface area contributed by atoms with Gasteiger partial charge >= 0.3 is 0 Å². The molecule has 1 aliphatic heterocycles. The summed E-state index contributed by atoms with van der Waals surface area (Å²) in [7, 11) is 0. The maximum absolute atomic E-state index is 11.8. The van der Waals surface area contributed by atoms with Crippen molar-refractivity contribution in [2.45, 2.75) is 19.6 Å². The van der Waals surface area contributed by atoms with Crippen molar-refractivity contribution in [1.29, 1.82) is 0 Å². The highest BCUT2D eigenvalue weighted by molar-refractivity contribution is 6.02. The summed E-state index contributed by atoms with van der Waals surface area (Å²) in [5.74, 6) is -1.83. The molecule has 2 unspecified atom stereocenters. The van der Waals surface area contributed by atoms with Crippen LogP contribution < -0.4 is 10.6 Å². The maximum atomic E-state index is 11.8. The van der Waals surface area contributed by atoms with Crippen LogP contribution in [0.5, 0.6) is 0 Å². The Kier molecular flexibility index (Phi) is 3.62. The van der Waals surface area contributed by atoms with Crippen LogP contribution in [0.4, 0.5) is 0 Å². The van der Waals surface area contributed by atoms with E-state index in [0.717, 1.165) is 11.1 Å². The number of benzene rings is 1. The van der Waals surface area contributed by atoms with Crippen molar-refractivity contribution in [3.63, 3.8) is 0 Å². The zero-order chi connectivity index (χ0) is 13.1. The van der Waals surface area contributed by atoms with E-state index in [2.05, 4.69) is 10.6 Å². The van der Waals surface area contributed by atoms with E-state index in [9.17, 15) is 14.7 Å². The Morgan fingerprint density at radius 1 is 1.50 bits per heavy atom. The van der Waals surface area contributed by atoms with Crippen molar-refractivity contribution in [2.24, 2.45) is 5.92 Å². The second kappa shape index (κ2) is 5.18. The second-order valence-electron chi connectivity index (χ2n) is 4.43. The first-order chi connectivity index (χ1) is 8.59. The van der Waals surface area contributed by atoms with Gasteiger partial charge in [0.1, 0.15) is 5.92 Å². The van der Waals surface area contributed by atoms with Crippen molar-refractivity contribution in [2.75, 3.05) is 6.54 Å². The zero-order valence-corrected chi connectivity index (χ0v) is 10.1. The van der Waals surface area contributed by atoms with E-state index in [1.165, 1.54) is 0 Å². The molecule has 2 rings (SSSR count). The van der Waals surface area contributed by atoms with Crippen LogP contribution in [0.3, 0.4) is 0 Å². The number of rotatable bonds is 3. The van der Waals surface area contributed by atoms with E-state index in [1.807, 2.05) is 31.2 Å². The molecule has 1 saturated heterocycles. The van der Waals surface area contributed by atoms with Gasteiger partial charge in [-0.05, 0) is 18.1 Å². The molecule has 2 atom stereocenters. The van der Waals surface area contributed by atoms with Gasteiger partial charge in [-0.1, -0.05) is 24.3 Å². The molecule has 0 bridgehead atoms. The summed E-state index contributed by atoms with van der Waals surface area (Å²) in [6.07, 6.45) is -0.936. The zero-order valence-electron chi connectivity index (χ0n) is 10.1. The van der Waals surface area contributed by atoms with Crippen molar-refractivity contribution in [3.05, 3.63) is 35.4 Å². The van der Waals surface area contributed by atoms with Crippen LogP contribution in [0.15, 0.2) is 24.3 Å². The van der Waals surface area contributed by atoms with Gasteiger partial charge in [-0.2, -0.15) is 0 Å². The molecule has 1 aliphatic rings. The normalized spacial score (nSPS) is 22.7. The van der Waals surface area contributed by atoms with Gasteiger partial charge in [0.25, 0.3) is 0 Å². The minimum atomic E-state index is -0.992. The molecule has 5 heteroatoms. The number of hydrogen-bond donors (Lipinski definition) is 3. The largest absolute Gasteiger partial charge is 0.390 e. The van der Waals surface area contributed by atoms with Crippen LogP contribution in [-0.4, -0.2) is 29.6 Å². The predicted octanol–water partition coefficient (Wildman–Crippen LogP) is -0.282. The van der Waals surface area contributed by atoms with Crippen LogP contribution in [0, 0.1) is 12.8 Å². The molecule has 3 N–H and O–H groups in total. The minimum Gasteiger partial charge on any atom is -0.390 e. The van der Waals surface area contributed by atoms with Crippen LogP contribution in [0.2, 0.25) is 0 Å². The van der Waals surface area contributed by atoms with Crippen LogP contribution in [-0.2, 0) is 16.1 Å². The third kappa shape index (κ3) is 2.51. The summed E-state index contributed by atoms with van der Waals surface area (Å²) >= 11 is 0. The van der Waals surface area contributed by atoms with Gasteiger partial charge in [-0.15, -0.1) is 0 Å². The summed E-state index contributed by atoms with van der Waals surface area (Å²) in [6, 6.07) is 7.69. The standard InChI is InChI=1S/C13H16N2O3/c1-8-4-2-3-5-9(8)6-14-12(17)11-10(16)7-15-13(11)18/h2-5,10-11,16H,6-7H2,1H3,(H,14,17)(H,15,18). The average molecular weight is 248 g/mol. The Morgan fingerprint density at radius 2 is 2.22 bits per heavy atom. The molecule has 0 saturated carbocycles. The molecule has 0 aliphatic carbocycles. The fraction of sp³-hybridized carbons (Fsp3) is 0.385. The number of carbonyl (C=O) groups is 2. The molecule has 1 fully saturated rings. The molecule has 0 radical (unpaired) electrons. The molecular formula is C13H16N2O3. The third-order valence-electron chi connectivity index (χ3n) is 3.15. The number of β-amino-alcohol motifs (C(OH)–C–C–N with tert-alkyl or cyclic N) is 1. The number of nitrogens with one attached hydrogen (secondary N) is 2. The lowest BCUT2D eigenvalue weighted by atomic mass is 10.0. The average Bonchev–Trinajstić information content (AvgIpc) is 2.68. The molecule has 5 nitrogen and oxygen atoms in total. The van der Waals surface area contributed by atoms with Crippen LogP contribution in [0.25, 0.3) is 0 Å². The summed E-state index contributed by atoms with van der Waals surface area (Å²) in [5, 5.41) is 14.7. The Labute approximate surface area is 105 Å². The summed E-state index contributed by atoms with van der Waals surface area (Å²) in [4.78, 5) is 23.2. The fourth-order valence-corrected chi connectivity index (χ4v) is 2.00. The smallest absolute Gasteiger partial charge is 0.235 e. The molecule has 0 aromatic heterocycles. The van der Waals surface area contributed by atoms with Crippen LogP contribution in [0.1, 0.15) is 11.1 Å². The number of aliphatic hydroxyl groups is 1. The Balaban J connectivity index is 1.97. The van der Waals surface area contributed by atoms with E-state index in [0.29, 0.717) is 6.54 Å². The first kappa shape index (κ1) is 12.6. The monoisotopic (exact) mass is 248 g/mol. The predicted molar refractivity (Wildman–Crippen MR) is 65.5 cm³/mol. The lowest BCUT2D eigenvalue weighted by molar-refractivity contribution is -0.135. The Bertz CT molecular complexity index is 473. The lowest BCUT2D eigenvalue weighted by Gasteiger charge is -2.12. The fourth-order valence-electron chi connectivity index (χ4n) is 2.00. The maximum Gasteiger partial charge on any atom is 0.235 e. The minimum absolute atomic E-state index is 0.140. The molecule has 96 valence electrons. The summed E-state index contributed by atoms with van der Waals surface area (Å²) in [5.41, 5.74) is 2.08. The molecule has 1 heterocycles. The van der Waals surface area contributed by atoms with Gasteiger partial charge in [0.15, 0.2) is 0 Å². The molecular weight excluding hydrogens is 232 g/mol. The molecule has 1 aromatic carbocycles. The van der Waals surface area contributed by atoms with Gasteiger partial charge in [-0.25, -0.2) is 0 Å². The number of aliphatic hydroxyl groups excluding tert-OH is 1. The summed E-state index contributed by atoms with van der Waals surface area (Å²) in [6.45, 7) is 2.46. The Hall–Kier alpha value is -1.88. The van der Waals surface area contributed by atoms with E-state index in [4.69, 9.17) is 0 Å². The highest BCUT2D eigenvalue weighted by Crippen LogP contribution is 2.12. The van der Waals surface area contributed by atoms with Gasteiger partial charge < -0.3 is 15.7 Å². The topological polar surface area (TPSA) is 78.4 Å². The van der Waals surface area contributed by atoms with Gasteiger partial charge in [0, 0.05) is 13.1 Å². The third-order valence-corrected chi connectivity index (χ3v) is 3.15. The van der Waals surface area contributed by atoms with E-state index in [-0.39, 0.29) is 6.54 Å². The molecule has 1 aromatic rings. The molecule has 0 spiro atoms. The van der Waals surface area contributed by atoms with E-state index < -0.39 is 23.8 Å². The quantitative estimate of drug-likeness (QED) is 0.644. The van der Waals surface area contributed by atoms with E-state index in [1.54, 1.807) is 0 Å². The number of carbonyl (C=O) groups excluding carboxylic acids is 2. The first-order valence-corrected chi connectivity index (χ1v) is 5.87. The van der Waals surface area contributed by atoms with Crippen molar-refractivity contribution < 1.29 is 14.7 Å². The SMILES string of the molecule is Cc1ccccc1CNC(=O)C1C(=O)NCC1O. The van der Waals surface area contributed by atoms with Gasteiger partial charge in [0.2, 0.25) is 11.8 Å². The second-order valence-corrected chi connectivity index (χ2v) is 4.43. The molecule has 18 heavy (non-hydrogen) atoms. The van der Waals surface area contributed by atoms with E-state index >= 15 is 0 Å². The first-order valence-electron chi connectivity index (χ1n) is 5.87. The number of aryl methyl sites for hydroxylation is 1. The Morgan fingerprint density at radius 3 is 2.83 bits per heavy atom. The summed E-state index contributed by atoms with van der Waals surface area (Å²) < 4.78 is 0. The number of hydrogen-bond acceptors (Lipinski definition) is 3. The highest BCUT2D eigenvalue weighted by atomic mass is 16.3. The highest BCUT2D eigenvalue weighted by Gasteiger charge is 2.38. The molecule has 2 amide bonds. The van der Waals surface area contributed by atoms with Crippen molar-refractivity contribution in [1.82, 2.24) is 10.6 Å². The van der Waals surface area contributed by atoms with Gasteiger partial charge in [-0.3, -0.25) is 9.59 Å².